The van der Waals surface area contributed by atoms with Crippen LogP contribution in [0.4, 0.5) is 0 Å². The Hall–Kier alpha value is -3.52. The van der Waals surface area contributed by atoms with Gasteiger partial charge in [-0.1, -0.05) is 6.07 Å². The average Bonchev–Trinajstić information content (AvgIpc) is 3.08. The van der Waals surface area contributed by atoms with Crippen LogP contribution in [0, 0.1) is 0 Å². The van der Waals surface area contributed by atoms with Crippen molar-refractivity contribution in [2.45, 2.75) is 19.9 Å². The highest BCUT2D eigenvalue weighted by molar-refractivity contribution is 6.46. The lowest BCUT2D eigenvalue weighted by atomic mass is 9.95. The Bertz CT molecular complexity index is 1060. The van der Waals surface area contributed by atoms with Gasteiger partial charge in [-0.25, -0.2) is 0 Å². The smallest absolute Gasteiger partial charge is 0.295 e. The van der Waals surface area contributed by atoms with Crippen LogP contribution < -0.4 is 14.2 Å². The molecule has 1 saturated heterocycles. The van der Waals surface area contributed by atoms with Crippen molar-refractivity contribution in [2.24, 2.45) is 0 Å². The van der Waals surface area contributed by atoms with Crippen molar-refractivity contribution in [3.05, 3.63) is 59.2 Å². The van der Waals surface area contributed by atoms with Gasteiger partial charge in [0.2, 0.25) is 0 Å². The molecule has 0 saturated carbocycles. The molecule has 1 atom stereocenters. The fourth-order valence-electron chi connectivity index (χ4n) is 3.93. The highest BCUT2D eigenvalue weighted by Gasteiger charge is 2.46. The molecule has 1 fully saturated rings. The highest BCUT2D eigenvalue weighted by Crippen LogP contribution is 2.42. The lowest BCUT2D eigenvalue weighted by molar-refractivity contribution is -0.140. The number of likely N-dealkylation sites (N-methyl/N-ethyl adjacent to an activating group) is 1. The van der Waals surface area contributed by atoms with Crippen molar-refractivity contribution >= 4 is 17.4 Å². The number of aliphatic hydroxyl groups excluding tert-OH is 1. The van der Waals surface area contributed by atoms with E-state index in [2.05, 4.69) is 0 Å². The molecule has 1 N–H and O–H groups in total. The topological polar surface area (TPSA) is 88.5 Å². The van der Waals surface area contributed by atoms with Crippen LogP contribution in [0.1, 0.15) is 31.0 Å². The summed E-state index contributed by atoms with van der Waals surface area (Å²) in [4.78, 5) is 29.6. The van der Waals surface area contributed by atoms with Crippen LogP contribution in [0.2, 0.25) is 0 Å². The van der Waals surface area contributed by atoms with Crippen molar-refractivity contribution in [3.63, 3.8) is 0 Å². The standard InChI is InChI=1S/C26H32N2O6/c1-6-33-19-11-8-17(9-12-19)24(29)22-23(28(15-14-27(3)4)26(31)25(22)30)18-10-13-20(34-7-2)21(16-18)32-5/h8-13,16,23,29H,6-7,14-15H2,1-5H3/b24-22+. The van der Waals surface area contributed by atoms with Crippen LogP contribution in [0.3, 0.4) is 0 Å². The fourth-order valence-corrected chi connectivity index (χ4v) is 3.93. The second-order valence-corrected chi connectivity index (χ2v) is 8.10. The predicted molar refractivity (Wildman–Crippen MR) is 129 cm³/mol. The molecule has 0 radical (unpaired) electrons. The molecule has 3 rings (SSSR count). The van der Waals surface area contributed by atoms with Crippen LogP contribution in [-0.2, 0) is 9.59 Å². The third-order valence-electron chi connectivity index (χ3n) is 5.57. The van der Waals surface area contributed by atoms with Gasteiger partial charge in [-0.2, -0.15) is 0 Å². The van der Waals surface area contributed by atoms with Crippen molar-refractivity contribution in [1.29, 1.82) is 0 Å². The van der Waals surface area contributed by atoms with Crippen LogP contribution in [0.25, 0.3) is 5.76 Å². The molecule has 1 aliphatic heterocycles. The van der Waals surface area contributed by atoms with E-state index in [1.807, 2.05) is 32.8 Å². The SMILES string of the molecule is CCOc1ccc(/C(O)=C2\C(=O)C(=O)N(CCN(C)C)C2c2ccc(OCC)c(OC)c2)cc1. The minimum atomic E-state index is -0.768. The summed E-state index contributed by atoms with van der Waals surface area (Å²) < 4.78 is 16.6. The van der Waals surface area contributed by atoms with Crippen molar-refractivity contribution < 1.29 is 28.9 Å². The molecule has 0 aromatic heterocycles. The number of nitrogens with zero attached hydrogens (tertiary/aromatic N) is 2. The summed E-state index contributed by atoms with van der Waals surface area (Å²) in [5.41, 5.74) is 1.11. The minimum absolute atomic E-state index is 0.0409. The summed E-state index contributed by atoms with van der Waals surface area (Å²) >= 11 is 0. The molecule has 1 amide bonds. The molecule has 8 nitrogen and oxygen atoms in total. The van der Waals surface area contributed by atoms with E-state index in [1.165, 1.54) is 12.0 Å². The molecule has 0 spiro atoms. The molecule has 0 aliphatic carbocycles. The van der Waals surface area contributed by atoms with Crippen molar-refractivity contribution in [3.8, 4) is 17.2 Å². The Labute approximate surface area is 200 Å². The number of rotatable bonds is 10. The van der Waals surface area contributed by atoms with Gasteiger partial charge in [-0.3, -0.25) is 9.59 Å². The van der Waals surface area contributed by atoms with Gasteiger partial charge in [0.25, 0.3) is 11.7 Å². The van der Waals surface area contributed by atoms with Crippen LogP contribution in [0.15, 0.2) is 48.0 Å². The van der Waals surface area contributed by atoms with Crippen molar-refractivity contribution in [2.75, 3.05) is 47.5 Å². The first-order chi connectivity index (χ1) is 16.3. The molecule has 34 heavy (non-hydrogen) atoms. The lowest BCUT2D eigenvalue weighted by Gasteiger charge is -2.27. The first-order valence-electron chi connectivity index (χ1n) is 11.3. The Kier molecular flexibility index (Phi) is 8.17. The van der Waals surface area contributed by atoms with E-state index < -0.39 is 17.7 Å². The molecule has 2 aromatic carbocycles. The lowest BCUT2D eigenvalue weighted by Crippen LogP contribution is -2.35. The van der Waals surface area contributed by atoms with E-state index in [1.54, 1.807) is 42.5 Å². The van der Waals surface area contributed by atoms with E-state index >= 15 is 0 Å². The number of ether oxygens (including phenoxy) is 3. The van der Waals surface area contributed by atoms with Gasteiger partial charge in [0, 0.05) is 18.7 Å². The summed E-state index contributed by atoms with van der Waals surface area (Å²) in [6.07, 6.45) is 0. The number of hydrogen-bond donors (Lipinski definition) is 1. The molecule has 1 unspecified atom stereocenters. The van der Waals surface area contributed by atoms with Gasteiger partial charge in [-0.15, -0.1) is 0 Å². The molecular weight excluding hydrogens is 436 g/mol. The average molecular weight is 469 g/mol. The predicted octanol–water partition coefficient (Wildman–Crippen LogP) is 3.48. The molecular formula is C26H32N2O6. The molecule has 1 heterocycles. The second kappa shape index (κ2) is 11.1. The fraction of sp³-hybridized carbons (Fsp3) is 0.385. The monoisotopic (exact) mass is 468 g/mol. The zero-order valence-electron chi connectivity index (χ0n) is 20.3. The van der Waals surface area contributed by atoms with E-state index in [9.17, 15) is 14.7 Å². The van der Waals surface area contributed by atoms with Crippen LogP contribution in [-0.4, -0.2) is 74.1 Å². The third-order valence-corrected chi connectivity index (χ3v) is 5.57. The Morgan fingerprint density at radius 1 is 1.00 bits per heavy atom. The first-order valence-corrected chi connectivity index (χ1v) is 11.3. The Balaban J connectivity index is 2.13. The van der Waals surface area contributed by atoms with Gasteiger partial charge in [0.15, 0.2) is 11.5 Å². The van der Waals surface area contributed by atoms with E-state index in [0.717, 1.165) is 0 Å². The number of hydrogen-bond acceptors (Lipinski definition) is 7. The number of likely N-dealkylation sites (tertiary alicyclic amines) is 1. The second-order valence-electron chi connectivity index (χ2n) is 8.10. The summed E-state index contributed by atoms with van der Waals surface area (Å²) in [5, 5.41) is 11.2. The summed E-state index contributed by atoms with van der Waals surface area (Å²) in [6, 6.07) is 11.3. The van der Waals surface area contributed by atoms with Crippen LogP contribution >= 0.6 is 0 Å². The number of methoxy groups -OCH3 is 1. The number of benzene rings is 2. The number of aliphatic hydroxyl groups is 1. The largest absolute Gasteiger partial charge is 0.507 e. The van der Waals surface area contributed by atoms with E-state index in [-0.39, 0.29) is 11.3 Å². The van der Waals surface area contributed by atoms with Crippen molar-refractivity contribution in [1.82, 2.24) is 9.80 Å². The van der Waals surface area contributed by atoms with Gasteiger partial charge in [0.1, 0.15) is 11.5 Å². The van der Waals surface area contributed by atoms with Gasteiger partial charge in [-0.05, 0) is 69.9 Å². The number of amides is 1. The zero-order valence-corrected chi connectivity index (χ0v) is 20.3. The maximum atomic E-state index is 13.1. The maximum Gasteiger partial charge on any atom is 0.295 e. The highest BCUT2D eigenvalue weighted by atomic mass is 16.5. The first kappa shape index (κ1) is 25.1. The normalized spacial score (nSPS) is 17.4. The summed E-state index contributed by atoms with van der Waals surface area (Å²) in [6.45, 7) is 5.61. The Morgan fingerprint density at radius 3 is 2.26 bits per heavy atom. The number of carbonyl (C=O) groups excluding carboxylic acids is 2. The summed E-state index contributed by atoms with van der Waals surface area (Å²) in [5.74, 6) is 0.101. The maximum absolute atomic E-state index is 13.1. The Morgan fingerprint density at radius 2 is 1.68 bits per heavy atom. The quantitative estimate of drug-likeness (QED) is 0.324. The summed E-state index contributed by atoms with van der Waals surface area (Å²) in [7, 11) is 5.32. The van der Waals surface area contributed by atoms with Gasteiger partial charge >= 0.3 is 0 Å². The number of Topliss-reactive ketones (excluding diaryl/α,β-unsaturated/α-hetero) is 1. The minimum Gasteiger partial charge on any atom is -0.507 e. The zero-order chi connectivity index (χ0) is 24.8. The van der Waals surface area contributed by atoms with Gasteiger partial charge in [0.05, 0.1) is 31.9 Å². The molecule has 2 aromatic rings. The molecule has 1 aliphatic rings. The number of carbonyl (C=O) groups is 2. The molecule has 182 valence electrons. The van der Waals surface area contributed by atoms with E-state index in [4.69, 9.17) is 14.2 Å². The molecule has 0 bridgehead atoms. The van der Waals surface area contributed by atoms with Crippen LogP contribution in [0.5, 0.6) is 17.2 Å². The van der Waals surface area contributed by atoms with Gasteiger partial charge < -0.3 is 29.1 Å². The van der Waals surface area contributed by atoms with E-state index in [0.29, 0.717) is 54.7 Å². The number of ketones is 1. The molecule has 8 heteroatoms. The third kappa shape index (κ3) is 5.17.